The molecule has 1 heterocycles. The summed E-state index contributed by atoms with van der Waals surface area (Å²) in [5.41, 5.74) is 0.219. The summed E-state index contributed by atoms with van der Waals surface area (Å²) in [5.74, 6) is -2.15. The van der Waals surface area contributed by atoms with Crippen LogP contribution >= 0.6 is 0 Å². The van der Waals surface area contributed by atoms with Crippen LogP contribution in [-0.4, -0.2) is 32.9 Å². The first-order chi connectivity index (χ1) is 11.5. The molecule has 6 nitrogen and oxygen atoms in total. The third-order valence-corrected chi connectivity index (χ3v) is 3.85. The third kappa shape index (κ3) is 3.81. The van der Waals surface area contributed by atoms with E-state index in [1.807, 2.05) is 5.32 Å². The van der Waals surface area contributed by atoms with Crippen LogP contribution in [0.2, 0.25) is 0 Å². The van der Waals surface area contributed by atoms with Crippen LogP contribution in [0.1, 0.15) is 43.7 Å². The molecule has 0 saturated carbocycles. The van der Waals surface area contributed by atoms with Crippen molar-refractivity contribution in [2.75, 3.05) is 0 Å². The first kappa shape index (κ1) is 18.5. The average molecular weight is 355 g/mol. The van der Waals surface area contributed by atoms with Gasteiger partial charge in [0, 0.05) is 23.9 Å². The summed E-state index contributed by atoms with van der Waals surface area (Å²) in [5, 5.41) is 14.7. The van der Waals surface area contributed by atoms with E-state index in [2.05, 4.69) is 5.10 Å². The summed E-state index contributed by atoms with van der Waals surface area (Å²) in [7, 11) is 1.52. The van der Waals surface area contributed by atoms with Crippen molar-refractivity contribution in [3.05, 3.63) is 52.3 Å². The maximum absolute atomic E-state index is 13.5. The van der Waals surface area contributed by atoms with Gasteiger partial charge in [-0.25, -0.2) is 4.79 Å². The van der Waals surface area contributed by atoms with Crippen LogP contribution in [0, 0.1) is 13.8 Å². The molecule has 134 valence electrons. The molecule has 0 fully saturated rings. The Balaban J connectivity index is 2.34. The van der Waals surface area contributed by atoms with Crippen molar-refractivity contribution in [2.45, 2.75) is 26.1 Å². The Hall–Kier alpha value is -2.84. The zero-order chi connectivity index (χ0) is 18.9. The Morgan fingerprint density at radius 1 is 1.16 bits per heavy atom. The van der Waals surface area contributed by atoms with Gasteiger partial charge in [0.1, 0.15) is 0 Å². The molecule has 2 rings (SSSR count). The first-order valence-electron chi connectivity index (χ1n) is 7.23. The van der Waals surface area contributed by atoms with Gasteiger partial charge in [0.2, 0.25) is 0 Å². The number of alkyl halides is 3. The smallest absolute Gasteiger partial charge is 0.413 e. The number of aryl methyl sites for hydroxylation is 2. The second-order valence-electron chi connectivity index (χ2n) is 5.54. The van der Waals surface area contributed by atoms with Gasteiger partial charge >= 0.3 is 12.1 Å². The van der Waals surface area contributed by atoms with E-state index in [1.54, 1.807) is 0 Å². The molecular weight excluding hydrogens is 339 g/mol. The van der Waals surface area contributed by atoms with Gasteiger partial charge in [0.15, 0.2) is 6.04 Å². The normalized spacial score (nSPS) is 12.7. The number of carbonyl (C=O) groups excluding carboxylic acids is 1. The number of aromatic carboxylic acids is 1. The largest absolute Gasteiger partial charge is 0.478 e. The highest BCUT2D eigenvalue weighted by molar-refractivity contribution is 5.96. The number of halogens is 3. The molecule has 2 aromatic rings. The summed E-state index contributed by atoms with van der Waals surface area (Å²) in [6.45, 7) is 2.93. The fourth-order valence-electron chi connectivity index (χ4n) is 2.50. The lowest BCUT2D eigenvalue weighted by Gasteiger charge is -2.22. The highest BCUT2D eigenvalue weighted by Crippen LogP contribution is 2.36. The molecule has 25 heavy (non-hydrogen) atoms. The molecule has 2 N–H and O–H groups in total. The zero-order valence-corrected chi connectivity index (χ0v) is 13.7. The van der Waals surface area contributed by atoms with Crippen molar-refractivity contribution in [3.8, 4) is 0 Å². The lowest BCUT2D eigenvalue weighted by molar-refractivity contribution is -0.155. The van der Waals surface area contributed by atoms with Crippen molar-refractivity contribution < 1.29 is 27.9 Å². The predicted octanol–water partition coefficient (Wildman–Crippen LogP) is 2.77. The lowest BCUT2D eigenvalue weighted by atomic mass is 10.0. The van der Waals surface area contributed by atoms with Crippen LogP contribution in [-0.2, 0) is 7.05 Å². The topological polar surface area (TPSA) is 84.2 Å². The van der Waals surface area contributed by atoms with Crippen molar-refractivity contribution in [2.24, 2.45) is 7.05 Å². The number of carboxylic acid groups (broad SMARTS) is 1. The van der Waals surface area contributed by atoms with Gasteiger partial charge in [0.05, 0.1) is 11.3 Å². The minimum Gasteiger partial charge on any atom is -0.478 e. The fraction of sp³-hybridized carbons (Fsp3) is 0.312. The van der Waals surface area contributed by atoms with E-state index >= 15 is 0 Å². The van der Waals surface area contributed by atoms with Crippen LogP contribution in [0.25, 0.3) is 0 Å². The minimum atomic E-state index is -4.71. The molecule has 0 saturated heterocycles. The summed E-state index contributed by atoms with van der Waals surface area (Å²) in [4.78, 5) is 23.0. The molecule has 9 heteroatoms. The minimum absolute atomic E-state index is 0.0668. The van der Waals surface area contributed by atoms with Gasteiger partial charge in [0.25, 0.3) is 5.91 Å². The average Bonchev–Trinajstić information content (AvgIpc) is 2.76. The maximum atomic E-state index is 13.5. The molecule has 1 unspecified atom stereocenters. The van der Waals surface area contributed by atoms with Crippen molar-refractivity contribution in [1.29, 1.82) is 0 Å². The van der Waals surface area contributed by atoms with Gasteiger partial charge in [-0.15, -0.1) is 0 Å². The Morgan fingerprint density at radius 2 is 1.68 bits per heavy atom. The monoisotopic (exact) mass is 355 g/mol. The van der Waals surface area contributed by atoms with Crippen LogP contribution in [0.15, 0.2) is 24.3 Å². The van der Waals surface area contributed by atoms with E-state index in [-0.39, 0.29) is 22.4 Å². The second-order valence-corrected chi connectivity index (χ2v) is 5.54. The first-order valence-corrected chi connectivity index (χ1v) is 7.23. The zero-order valence-electron chi connectivity index (χ0n) is 13.7. The number of hydrogen-bond acceptors (Lipinski definition) is 3. The summed E-state index contributed by atoms with van der Waals surface area (Å²) < 4.78 is 41.8. The molecule has 0 aliphatic carbocycles. The fourth-order valence-corrected chi connectivity index (χ4v) is 2.50. The number of nitrogens with zero attached hydrogens (tertiary/aromatic N) is 2. The molecule has 0 aliphatic rings. The second kappa shape index (κ2) is 6.58. The molecule has 1 aromatic heterocycles. The molecule has 1 aromatic carbocycles. The number of rotatable bonds is 4. The molecular formula is C16H16F3N3O3. The van der Waals surface area contributed by atoms with Crippen LogP contribution in [0.4, 0.5) is 13.2 Å². The summed E-state index contributed by atoms with van der Waals surface area (Å²) in [6, 6.07) is 2.42. The number of nitrogens with one attached hydrogen (secondary N) is 1. The van der Waals surface area contributed by atoms with Gasteiger partial charge < -0.3 is 10.4 Å². The SMILES string of the molecule is Cc1nn(C)c(C)c1C(NC(=O)c1ccc(C(=O)O)cc1)C(F)(F)F. The van der Waals surface area contributed by atoms with E-state index in [1.165, 1.54) is 25.6 Å². The van der Waals surface area contributed by atoms with Gasteiger partial charge in [-0.2, -0.15) is 18.3 Å². The Bertz CT molecular complexity index is 811. The van der Waals surface area contributed by atoms with E-state index in [0.717, 1.165) is 24.3 Å². The number of hydrogen-bond donors (Lipinski definition) is 2. The Labute approximate surface area is 141 Å². The lowest BCUT2D eigenvalue weighted by Crippen LogP contribution is -2.38. The molecule has 0 radical (unpaired) electrons. The van der Waals surface area contributed by atoms with E-state index in [0.29, 0.717) is 5.69 Å². The summed E-state index contributed by atoms with van der Waals surface area (Å²) >= 11 is 0. The number of carbonyl (C=O) groups is 2. The number of amides is 1. The number of carboxylic acids is 1. The maximum Gasteiger partial charge on any atom is 0.413 e. The van der Waals surface area contributed by atoms with Gasteiger partial charge in [-0.05, 0) is 38.1 Å². The van der Waals surface area contributed by atoms with E-state index in [9.17, 15) is 22.8 Å². The molecule has 0 spiro atoms. The highest BCUT2D eigenvalue weighted by Gasteiger charge is 2.44. The van der Waals surface area contributed by atoms with Crippen LogP contribution in [0.5, 0.6) is 0 Å². The molecule has 0 aliphatic heterocycles. The van der Waals surface area contributed by atoms with Gasteiger partial charge in [-0.1, -0.05) is 0 Å². The van der Waals surface area contributed by atoms with Crippen molar-refractivity contribution in [3.63, 3.8) is 0 Å². The van der Waals surface area contributed by atoms with Crippen molar-refractivity contribution in [1.82, 2.24) is 15.1 Å². The molecule has 1 atom stereocenters. The van der Waals surface area contributed by atoms with E-state index < -0.39 is 24.1 Å². The van der Waals surface area contributed by atoms with Crippen molar-refractivity contribution >= 4 is 11.9 Å². The predicted molar refractivity (Wildman–Crippen MR) is 82.3 cm³/mol. The van der Waals surface area contributed by atoms with E-state index in [4.69, 9.17) is 5.11 Å². The molecule has 1 amide bonds. The third-order valence-electron chi connectivity index (χ3n) is 3.85. The number of benzene rings is 1. The Morgan fingerprint density at radius 3 is 2.08 bits per heavy atom. The molecule has 0 bridgehead atoms. The van der Waals surface area contributed by atoms with Crippen LogP contribution < -0.4 is 5.32 Å². The number of aromatic nitrogens is 2. The quantitative estimate of drug-likeness (QED) is 0.883. The van der Waals surface area contributed by atoms with Gasteiger partial charge in [-0.3, -0.25) is 9.48 Å². The highest BCUT2D eigenvalue weighted by atomic mass is 19.4. The summed E-state index contributed by atoms with van der Waals surface area (Å²) in [6.07, 6.45) is -4.71. The Kier molecular flexibility index (Phi) is 4.87. The van der Waals surface area contributed by atoms with Crippen LogP contribution in [0.3, 0.4) is 0 Å². The standard InChI is InChI=1S/C16H16F3N3O3/c1-8-12(9(2)22(3)21-8)13(16(17,18)19)20-14(23)10-4-6-11(7-5-10)15(24)25/h4-7,13H,1-3H3,(H,20,23)(H,24,25).